The predicted molar refractivity (Wildman–Crippen MR) is 56.2 cm³/mol. The van der Waals surface area contributed by atoms with Crippen molar-refractivity contribution in [3.63, 3.8) is 0 Å². The fourth-order valence-electron chi connectivity index (χ4n) is 1.12. The summed E-state index contributed by atoms with van der Waals surface area (Å²) in [6.07, 6.45) is -0.00282. The third-order valence-corrected chi connectivity index (χ3v) is 2.29. The summed E-state index contributed by atoms with van der Waals surface area (Å²) in [7, 11) is 0. The van der Waals surface area contributed by atoms with Gasteiger partial charge in [0, 0.05) is 0 Å². The van der Waals surface area contributed by atoms with Crippen molar-refractivity contribution in [2.75, 3.05) is 12.3 Å². The van der Waals surface area contributed by atoms with Crippen LogP contribution in [-0.2, 0) is 16.0 Å². The van der Waals surface area contributed by atoms with Gasteiger partial charge in [-0.3, -0.25) is 4.79 Å². The van der Waals surface area contributed by atoms with Crippen LogP contribution in [0, 0.1) is 5.82 Å². The third kappa shape index (κ3) is 2.83. The van der Waals surface area contributed by atoms with Gasteiger partial charge in [-0.1, -0.05) is 17.7 Å². The maximum Gasteiger partial charge on any atom is 0.310 e. The van der Waals surface area contributed by atoms with Crippen molar-refractivity contribution >= 4 is 23.3 Å². The lowest BCUT2D eigenvalue weighted by Gasteiger charge is -2.06. The Kier molecular flexibility index (Phi) is 3.91. The van der Waals surface area contributed by atoms with Crippen molar-refractivity contribution in [2.45, 2.75) is 13.3 Å². The first-order valence-corrected chi connectivity index (χ1v) is 4.82. The van der Waals surface area contributed by atoms with Crippen LogP contribution in [-0.4, -0.2) is 12.6 Å². The SMILES string of the molecule is CCOC(=O)Cc1ccc(F)c(N)c1Cl. The standard InChI is InChI=1S/C10H11ClFNO2/c1-2-15-8(14)5-6-3-4-7(12)10(13)9(6)11/h3-4H,2,5,13H2,1H3. The number of nitrogens with two attached hydrogens (primary N) is 1. The quantitative estimate of drug-likeness (QED) is 0.641. The number of esters is 1. The Morgan fingerprint density at radius 1 is 1.60 bits per heavy atom. The Balaban J connectivity index is 2.87. The van der Waals surface area contributed by atoms with E-state index in [9.17, 15) is 9.18 Å². The fraction of sp³-hybridized carbons (Fsp3) is 0.300. The van der Waals surface area contributed by atoms with E-state index in [-0.39, 0.29) is 17.1 Å². The van der Waals surface area contributed by atoms with Crippen molar-refractivity contribution in [1.82, 2.24) is 0 Å². The van der Waals surface area contributed by atoms with Crippen molar-refractivity contribution < 1.29 is 13.9 Å². The lowest BCUT2D eigenvalue weighted by molar-refractivity contribution is -0.142. The lowest BCUT2D eigenvalue weighted by Crippen LogP contribution is -2.08. The molecule has 1 aromatic carbocycles. The molecule has 0 saturated heterocycles. The molecule has 0 aliphatic carbocycles. The minimum absolute atomic E-state index is 0.00282. The highest BCUT2D eigenvalue weighted by molar-refractivity contribution is 6.34. The molecule has 5 heteroatoms. The summed E-state index contributed by atoms with van der Waals surface area (Å²) in [6.45, 7) is 2.01. The largest absolute Gasteiger partial charge is 0.466 e. The smallest absolute Gasteiger partial charge is 0.310 e. The van der Waals surface area contributed by atoms with Gasteiger partial charge in [-0.2, -0.15) is 0 Å². The summed E-state index contributed by atoms with van der Waals surface area (Å²) < 4.78 is 17.7. The topological polar surface area (TPSA) is 52.3 Å². The van der Waals surface area contributed by atoms with Crippen LogP contribution in [0.15, 0.2) is 12.1 Å². The van der Waals surface area contributed by atoms with E-state index in [1.165, 1.54) is 12.1 Å². The summed E-state index contributed by atoms with van der Waals surface area (Å²) >= 11 is 5.77. The van der Waals surface area contributed by atoms with E-state index in [0.717, 1.165) is 0 Å². The molecule has 1 aromatic rings. The molecule has 0 saturated carbocycles. The number of hydrogen-bond donors (Lipinski definition) is 1. The number of anilines is 1. The molecule has 0 aromatic heterocycles. The normalized spacial score (nSPS) is 10.1. The molecular weight excluding hydrogens is 221 g/mol. The van der Waals surface area contributed by atoms with E-state index < -0.39 is 11.8 Å². The zero-order valence-electron chi connectivity index (χ0n) is 8.22. The molecule has 0 heterocycles. The van der Waals surface area contributed by atoms with Crippen LogP contribution in [0.4, 0.5) is 10.1 Å². The third-order valence-electron chi connectivity index (χ3n) is 1.85. The molecule has 3 nitrogen and oxygen atoms in total. The van der Waals surface area contributed by atoms with E-state index in [2.05, 4.69) is 0 Å². The number of halogens is 2. The maximum absolute atomic E-state index is 12.9. The van der Waals surface area contributed by atoms with Crippen LogP contribution in [0.25, 0.3) is 0 Å². The van der Waals surface area contributed by atoms with E-state index in [0.29, 0.717) is 12.2 Å². The van der Waals surface area contributed by atoms with E-state index in [4.69, 9.17) is 22.1 Å². The maximum atomic E-state index is 12.9. The number of carbonyl (C=O) groups excluding carboxylic acids is 1. The number of ether oxygens (including phenoxy) is 1. The van der Waals surface area contributed by atoms with Crippen LogP contribution in [0.2, 0.25) is 5.02 Å². The van der Waals surface area contributed by atoms with Crippen LogP contribution in [0.3, 0.4) is 0 Å². The van der Waals surface area contributed by atoms with Crippen molar-refractivity contribution in [3.05, 3.63) is 28.5 Å². The summed E-state index contributed by atoms with van der Waals surface area (Å²) in [6, 6.07) is 2.60. The van der Waals surface area contributed by atoms with Crippen molar-refractivity contribution in [2.24, 2.45) is 0 Å². The van der Waals surface area contributed by atoms with Crippen molar-refractivity contribution in [1.29, 1.82) is 0 Å². The van der Waals surface area contributed by atoms with Gasteiger partial charge in [0.15, 0.2) is 0 Å². The van der Waals surface area contributed by atoms with Gasteiger partial charge in [0.2, 0.25) is 0 Å². The molecule has 0 fully saturated rings. The Morgan fingerprint density at radius 2 is 2.27 bits per heavy atom. The minimum atomic E-state index is -0.590. The monoisotopic (exact) mass is 231 g/mol. The highest BCUT2D eigenvalue weighted by atomic mass is 35.5. The van der Waals surface area contributed by atoms with Crippen LogP contribution >= 0.6 is 11.6 Å². The fourth-order valence-corrected chi connectivity index (χ4v) is 1.34. The molecule has 82 valence electrons. The van der Waals surface area contributed by atoms with Gasteiger partial charge < -0.3 is 10.5 Å². The molecule has 15 heavy (non-hydrogen) atoms. The second-order valence-corrected chi connectivity index (χ2v) is 3.29. The molecule has 1 rings (SSSR count). The molecule has 0 aliphatic heterocycles. The van der Waals surface area contributed by atoms with E-state index in [1.54, 1.807) is 6.92 Å². The molecule has 0 unspecified atom stereocenters. The highest BCUT2D eigenvalue weighted by Crippen LogP contribution is 2.26. The van der Waals surface area contributed by atoms with E-state index >= 15 is 0 Å². The van der Waals surface area contributed by atoms with Gasteiger partial charge in [-0.25, -0.2) is 4.39 Å². The second kappa shape index (κ2) is 4.98. The zero-order chi connectivity index (χ0) is 11.4. The number of benzene rings is 1. The first-order chi connectivity index (χ1) is 7.06. The Morgan fingerprint density at radius 3 is 2.87 bits per heavy atom. The van der Waals surface area contributed by atoms with Gasteiger partial charge in [0.05, 0.1) is 23.7 Å². The summed E-state index contributed by atoms with van der Waals surface area (Å²) in [5, 5.41) is 0.0723. The van der Waals surface area contributed by atoms with Crippen LogP contribution in [0.1, 0.15) is 12.5 Å². The molecule has 0 spiro atoms. The minimum Gasteiger partial charge on any atom is -0.466 e. The first kappa shape index (κ1) is 11.8. The molecule has 0 amide bonds. The molecular formula is C10H11ClFNO2. The summed E-state index contributed by atoms with van der Waals surface area (Å²) in [5.74, 6) is -1.00. The molecule has 0 atom stereocenters. The number of hydrogen-bond acceptors (Lipinski definition) is 3. The first-order valence-electron chi connectivity index (χ1n) is 4.44. The summed E-state index contributed by atoms with van der Waals surface area (Å²) in [4.78, 5) is 11.1. The van der Waals surface area contributed by atoms with Crippen LogP contribution < -0.4 is 5.73 Å². The molecule has 2 N–H and O–H groups in total. The predicted octanol–water partition coefficient (Wildman–Crippen LogP) is 2.17. The average molecular weight is 232 g/mol. The summed E-state index contributed by atoms with van der Waals surface area (Å²) in [5.41, 5.74) is 5.70. The number of carbonyl (C=O) groups is 1. The lowest BCUT2D eigenvalue weighted by atomic mass is 10.1. The molecule has 0 bridgehead atoms. The average Bonchev–Trinajstić information content (AvgIpc) is 2.20. The van der Waals surface area contributed by atoms with E-state index in [1.807, 2.05) is 0 Å². The zero-order valence-corrected chi connectivity index (χ0v) is 8.97. The van der Waals surface area contributed by atoms with Gasteiger partial charge >= 0.3 is 5.97 Å². The molecule has 0 aliphatic rings. The highest BCUT2D eigenvalue weighted by Gasteiger charge is 2.12. The van der Waals surface area contributed by atoms with Gasteiger partial charge in [0.25, 0.3) is 0 Å². The Bertz CT molecular complexity index is 382. The van der Waals surface area contributed by atoms with Gasteiger partial charge in [-0.05, 0) is 18.6 Å². The molecule has 0 radical (unpaired) electrons. The van der Waals surface area contributed by atoms with Gasteiger partial charge in [0.1, 0.15) is 5.82 Å². The Labute approximate surface area is 92.0 Å². The van der Waals surface area contributed by atoms with Crippen LogP contribution in [0.5, 0.6) is 0 Å². The number of nitrogen functional groups attached to an aromatic ring is 1. The van der Waals surface area contributed by atoms with Gasteiger partial charge in [-0.15, -0.1) is 0 Å². The second-order valence-electron chi connectivity index (χ2n) is 2.92. The number of rotatable bonds is 3. The van der Waals surface area contributed by atoms with Crippen molar-refractivity contribution in [3.8, 4) is 0 Å². The Hall–Kier alpha value is -1.29.